The molecular formula is C13H11N5S. The lowest BCUT2D eigenvalue weighted by molar-refractivity contribution is 0.763. The van der Waals surface area contributed by atoms with E-state index in [2.05, 4.69) is 20.2 Å². The van der Waals surface area contributed by atoms with Gasteiger partial charge < -0.3 is 0 Å². The lowest BCUT2D eigenvalue weighted by atomic mass is 10.2. The summed E-state index contributed by atoms with van der Waals surface area (Å²) in [6.07, 6.45) is 3.25. The van der Waals surface area contributed by atoms with Gasteiger partial charge in [0, 0.05) is 11.8 Å². The van der Waals surface area contributed by atoms with Gasteiger partial charge in [0.2, 0.25) is 0 Å². The van der Waals surface area contributed by atoms with Crippen molar-refractivity contribution in [2.45, 2.75) is 6.54 Å². The number of nitrogens with zero attached hydrogens (tertiary/aromatic N) is 4. The first kappa shape index (κ1) is 11.7. The van der Waals surface area contributed by atoms with Gasteiger partial charge in [-0.3, -0.25) is 9.67 Å². The van der Waals surface area contributed by atoms with Gasteiger partial charge in [0.15, 0.2) is 10.6 Å². The van der Waals surface area contributed by atoms with Crippen molar-refractivity contribution in [1.29, 1.82) is 0 Å². The first-order valence-corrected chi connectivity index (χ1v) is 6.21. The fraction of sp³-hybridized carbons (Fsp3) is 0.0769. The van der Waals surface area contributed by atoms with Crippen LogP contribution in [-0.4, -0.2) is 24.7 Å². The highest BCUT2D eigenvalue weighted by Crippen LogP contribution is 2.17. The van der Waals surface area contributed by atoms with Crippen LogP contribution >= 0.6 is 12.2 Å². The second-order valence-electron chi connectivity index (χ2n) is 4.01. The highest BCUT2D eigenvalue weighted by Gasteiger charge is 2.09. The van der Waals surface area contributed by atoms with Crippen molar-refractivity contribution in [3.05, 3.63) is 59.4 Å². The van der Waals surface area contributed by atoms with Crippen molar-refractivity contribution >= 4 is 12.2 Å². The first-order chi connectivity index (χ1) is 9.34. The SMILES string of the molecule is S=c1[nH]nc(-c2ccccc2)n1Cc1ccncn1. The molecule has 0 aliphatic rings. The largest absolute Gasteiger partial charge is 0.294 e. The Kier molecular flexibility index (Phi) is 3.16. The zero-order chi connectivity index (χ0) is 13.1. The summed E-state index contributed by atoms with van der Waals surface area (Å²) >= 11 is 5.27. The predicted octanol–water partition coefficient (Wildman–Crippen LogP) is 2.45. The fourth-order valence-electron chi connectivity index (χ4n) is 1.85. The Morgan fingerprint density at radius 2 is 2.00 bits per heavy atom. The third-order valence-electron chi connectivity index (χ3n) is 2.75. The summed E-state index contributed by atoms with van der Waals surface area (Å²) in [6.45, 7) is 0.572. The van der Waals surface area contributed by atoms with Crippen molar-refractivity contribution in [1.82, 2.24) is 24.7 Å². The molecule has 94 valence electrons. The zero-order valence-electron chi connectivity index (χ0n) is 10.0. The van der Waals surface area contributed by atoms with Gasteiger partial charge >= 0.3 is 0 Å². The minimum atomic E-state index is 0.572. The fourth-order valence-corrected chi connectivity index (χ4v) is 2.04. The third kappa shape index (κ3) is 2.43. The lowest BCUT2D eigenvalue weighted by Gasteiger charge is -2.05. The van der Waals surface area contributed by atoms with Gasteiger partial charge in [0.05, 0.1) is 12.2 Å². The Bertz CT molecular complexity index is 718. The molecule has 5 nitrogen and oxygen atoms in total. The number of nitrogens with one attached hydrogen (secondary N) is 1. The van der Waals surface area contributed by atoms with E-state index in [4.69, 9.17) is 12.2 Å². The van der Waals surface area contributed by atoms with Crippen LogP contribution in [0.25, 0.3) is 11.4 Å². The van der Waals surface area contributed by atoms with Crippen molar-refractivity contribution < 1.29 is 0 Å². The van der Waals surface area contributed by atoms with Crippen LogP contribution in [0.5, 0.6) is 0 Å². The molecule has 0 saturated heterocycles. The molecule has 0 amide bonds. The Morgan fingerprint density at radius 1 is 1.16 bits per heavy atom. The molecule has 2 heterocycles. The van der Waals surface area contributed by atoms with E-state index in [0.717, 1.165) is 17.1 Å². The summed E-state index contributed by atoms with van der Waals surface area (Å²) in [6, 6.07) is 11.8. The molecule has 1 N–H and O–H groups in total. The van der Waals surface area contributed by atoms with Crippen LogP contribution in [0.1, 0.15) is 5.69 Å². The highest BCUT2D eigenvalue weighted by atomic mass is 32.1. The van der Waals surface area contributed by atoms with E-state index in [1.807, 2.05) is 41.0 Å². The average Bonchev–Trinajstić information content (AvgIpc) is 2.82. The molecule has 2 aromatic heterocycles. The number of H-pyrrole nitrogens is 1. The minimum Gasteiger partial charge on any atom is -0.294 e. The number of benzene rings is 1. The van der Waals surface area contributed by atoms with Gasteiger partial charge in [-0.1, -0.05) is 30.3 Å². The molecular weight excluding hydrogens is 258 g/mol. The first-order valence-electron chi connectivity index (χ1n) is 5.80. The van der Waals surface area contributed by atoms with Crippen molar-refractivity contribution in [3.8, 4) is 11.4 Å². The Labute approximate surface area is 115 Å². The second kappa shape index (κ2) is 5.11. The van der Waals surface area contributed by atoms with Crippen molar-refractivity contribution in [3.63, 3.8) is 0 Å². The van der Waals surface area contributed by atoms with Gasteiger partial charge in [-0.15, -0.1) is 0 Å². The number of hydrogen-bond acceptors (Lipinski definition) is 4. The number of aromatic amines is 1. The highest BCUT2D eigenvalue weighted by molar-refractivity contribution is 7.71. The van der Waals surface area contributed by atoms with Crippen LogP contribution in [-0.2, 0) is 6.54 Å². The van der Waals surface area contributed by atoms with Gasteiger partial charge in [0.1, 0.15) is 6.33 Å². The van der Waals surface area contributed by atoms with Crippen LogP contribution in [0.15, 0.2) is 48.9 Å². The molecule has 19 heavy (non-hydrogen) atoms. The molecule has 0 unspecified atom stereocenters. The van der Waals surface area contributed by atoms with Gasteiger partial charge in [-0.25, -0.2) is 9.97 Å². The van der Waals surface area contributed by atoms with Gasteiger partial charge in [-0.2, -0.15) is 5.10 Å². The van der Waals surface area contributed by atoms with E-state index < -0.39 is 0 Å². The monoisotopic (exact) mass is 269 g/mol. The van der Waals surface area contributed by atoms with Crippen LogP contribution in [0, 0.1) is 4.77 Å². The topological polar surface area (TPSA) is 59.4 Å². The van der Waals surface area contributed by atoms with Crippen LogP contribution in [0.2, 0.25) is 0 Å². The van der Waals surface area contributed by atoms with Crippen molar-refractivity contribution in [2.75, 3.05) is 0 Å². The molecule has 6 heteroatoms. The number of hydrogen-bond donors (Lipinski definition) is 1. The van der Waals surface area contributed by atoms with Crippen molar-refractivity contribution in [2.24, 2.45) is 0 Å². The maximum absolute atomic E-state index is 5.27. The standard InChI is InChI=1S/C13H11N5S/c19-13-17-16-12(10-4-2-1-3-5-10)18(13)8-11-6-7-14-9-15-11/h1-7,9H,8H2,(H,17,19). The van der Waals surface area contributed by atoms with Crippen LogP contribution in [0.3, 0.4) is 0 Å². The molecule has 0 aliphatic carbocycles. The molecule has 0 bridgehead atoms. The smallest absolute Gasteiger partial charge is 0.195 e. The molecule has 1 aromatic carbocycles. The summed E-state index contributed by atoms with van der Waals surface area (Å²) < 4.78 is 2.50. The Hall–Kier alpha value is -2.34. The Balaban J connectivity index is 2.03. The second-order valence-corrected chi connectivity index (χ2v) is 4.39. The summed E-state index contributed by atoms with van der Waals surface area (Å²) in [5, 5.41) is 7.11. The summed E-state index contributed by atoms with van der Waals surface area (Å²) in [5.41, 5.74) is 1.91. The normalized spacial score (nSPS) is 10.5. The predicted molar refractivity (Wildman–Crippen MR) is 74.0 cm³/mol. The van der Waals surface area contributed by atoms with E-state index in [9.17, 15) is 0 Å². The van der Waals surface area contributed by atoms with Gasteiger partial charge in [0.25, 0.3) is 0 Å². The minimum absolute atomic E-state index is 0.572. The van der Waals surface area contributed by atoms with Crippen LogP contribution in [0.4, 0.5) is 0 Å². The van der Waals surface area contributed by atoms with E-state index in [-0.39, 0.29) is 0 Å². The summed E-state index contributed by atoms with van der Waals surface area (Å²) in [4.78, 5) is 8.12. The molecule has 0 atom stereocenters. The van der Waals surface area contributed by atoms with E-state index >= 15 is 0 Å². The number of aromatic nitrogens is 5. The molecule has 0 spiro atoms. The van der Waals surface area contributed by atoms with Gasteiger partial charge in [-0.05, 0) is 18.3 Å². The number of rotatable bonds is 3. The maximum Gasteiger partial charge on any atom is 0.195 e. The molecule has 0 radical (unpaired) electrons. The van der Waals surface area contributed by atoms with E-state index in [1.54, 1.807) is 6.20 Å². The summed E-state index contributed by atoms with van der Waals surface area (Å²) in [5.74, 6) is 0.809. The molecule has 0 saturated carbocycles. The molecule has 3 rings (SSSR count). The maximum atomic E-state index is 5.27. The van der Waals surface area contributed by atoms with E-state index in [1.165, 1.54) is 6.33 Å². The molecule has 0 aliphatic heterocycles. The third-order valence-corrected chi connectivity index (χ3v) is 3.07. The zero-order valence-corrected chi connectivity index (χ0v) is 10.8. The average molecular weight is 269 g/mol. The summed E-state index contributed by atoms with van der Waals surface area (Å²) in [7, 11) is 0. The van der Waals surface area contributed by atoms with E-state index in [0.29, 0.717) is 11.3 Å². The molecule has 0 fully saturated rings. The Morgan fingerprint density at radius 3 is 2.74 bits per heavy atom. The molecule has 3 aromatic rings. The lowest BCUT2D eigenvalue weighted by Crippen LogP contribution is -2.04. The van der Waals surface area contributed by atoms with Crippen LogP contribution < -0.4 is 0 Å². The quantitative estimate of drug-likeness (QED) is 0.742.